The van der Waals surface area contributed by atoms with Crippen molar-refractivity contribution in [2.75, 3.05) is 6.54 Å². The third-order valence-electron chi connectivity index (χ3n) is 3.63. The molecule has 110 valence electrons. The van der Waals surface area contributed by atoms with E-state index in [4.69, 9.17) is 0 Å². The number of unbranched alkanes of at least 4 members (excludes halogenated alkanes) is 1. The normalized spacial score (nSPS) is 14.5. The van der Waals surface area contributed by atoms with Gasteiger partial charge in [0.2, 0.25) is 0 Å². The van der Waals surface area contributed by atoms with Gasteiger partial charge in [0.25, 0.3) is 0 Å². The molecule has 0 spiro atoms. The van der Waals surface area contributed by atoms with Crippen LogP contribution in [-0.2, 0) is 13.5 Å². The summed E-state index contributed by atoms with van der Waals surface area (Å²) in [7, 11) is 1.82. The standard InChI is InChI=1S/C14H29N5/c1-5-8-9-12(7-3)13(15-10-6-2)11-14-16-18-19(4)17-14/h12-13,15H,5-11H2,1-4H3. The van der Waals surface area contributed by atoms with E-state index in [1.54, 1.807) is 4.80 Å². The summed E-state index contributed by atoms with van der Waals surface area (Å²) in [5, 5.41) is 16.0. The smallest absolute Gasteiger partial charge is 0.176 e. The molecule has 19 heavy (non-hydrogen) atoms. The summed E-state index contributed by atoms with van der Waals surface area (Å²) in [6.07, 6.45) is 7.11. The van der Waals surface area contributed by atoms with Crippen molar-refractivity contribution in [3.8, 4) is 0 Å². The van der Waals surface area contributed by atoms with E-state index in [1.807, 2.05) is 7.05 Å². The fourth-order valence-corrected chi connectivity index (χ4v) is 2.49. The molecule has 5 heteroatoms. The molecule has 2 atom stereocenters. The molecule has 0 aromatic carbocycles. The van der Waals surface area contributed by atoms with E-state index >= 15 is 0 Å². The fourth-order valence-electron chi connectivity index (χ4n) is 2.49. The molecular weight excluding hydrogens is 238 g/mol. The zero-order valence-electron chi connectivity index (χ0n) is 12.9. The Hall–Kier alpha value is -0.970. The van der Waals surface area contributed by atoms with Crippen molar-refractivity contribution in [1.29, 1.82) is 0 Å². The number of nitrogens with zero attached hydrogens (tertiary/aromatic N) is 4. The first-order valence-electron chi connectivity index (χ1n) is 7.67. The minimum atomic E-state index is 0.473. The number of hydrogen-bond donors (Lipinski definition) is 1. The number of aryl methyl sites for hydroxylation is 1. The van der Waals surface area contributed by atoms with Gasteiger partial charge in [-0.05, 0) is 30.5 Å². The topological polar surface area (TPSA) is 55.6 Å². The lowest BCUT2D eigenvalue weighted by atomic mass is 9.89. The SMILES string of the molecule is CCCCC(CC)C(Cc1nnn(C)n1)NCCC. The summed E-state index contributed by atoms with van der Waals surface area (Å²) < 4.78 is 0. The van der Waals surface area contributed by atoms with Gasteiger partial charge in [0, 0.05) is 12.5 Å². The molecule has 1 N–H and O–H groups in total. The van der Waals surface area contributed by atoms with Gasteiger partial charge >= 0.3 is 0 Å². The quantitative estimate of drug-likeness (QED) is 0.707. The Kier molecular flexibility index (Phi) is 7.63. The second-order valence-electron chi connectivity index (χ2n) is 5.27. The van der Waals surface area contributed by atoms with Crippen molar-refractivity contribution in [3.05, 3.63) is 5.82 Å². The van der Waals surface area contributed by atoms with Crippen LogP contribution < -0.4 is 5.32 Å². The number of nitrogens with one attached hydrogen (secondary N) is 1. The van der Waals surface area contributed by atoms with Gasteiger partial charge in [-0.3, -0.25) is 0 Å². The molecule has 0 bridgehead atoms. The number of rotatable bonds is 10. The Morgan fingerprint density at radius 3 is 2.53 bits per heavy atom. The van der Waals surface area contributed by atoms with E-state index in [2.05, 4.69) is 41.5 Å². The molecule has 0 amide bonds. The monoisotopic (exact) mass is 267 g/mol. The molecule has 0 saturated carbocycles. The molecule has 0 radical (unpaired) electrons. The van der Waals surface area contributed by atoms with Crippen molar-refractivity contribution in [1.82, 2.24) is 25.5 Å². The van der Waals surface area contributed by atoms with Gasteiger partial charge in [0.15, 0.2) is 5.82 Å². The summed E-state index contributed by atoms with van der Waals surface area (Å²) in [5.41, 5.74) is 0. The third-order valence-corrected chi connectivity index (χ3v) is 3.63. The van der Waals surface area contributed by atoms with Crippen LogP contribution in [0.5, 0.6) is 0 Å². The van der Waals surface area contributed by atoms with Gasteiger partial charge in [-0.1, -0.05) is 40.0 Å². The lowest BCUT2D eigenvalue weighted by Crippen LogP contribution is -2.38. The van der Waals surface area contributed by atoms with Crippen LogP contribution in [0.1, 0.15) is 58.7 Å². The fraction of sp³-hybridized carbons (Fsp3) is 0.929. The van der Waals surface area contributed by atoms with Gasteiger partial charge < -0.3 is 5.32 Å². The van der Waals surface area contributed by atoms with Crippen molar-refractivity contribution in [2.45, 2.75) is 65.3 Å². The maximum absolute atomic E-state index is 4.31. The predicted molar refractivity (Wildman–Crippen MR) is 77.9 cm³/mol. The minimum Gasteiger partial charge on any atom is -0.313 e. The molecule has 0 aliphatic rings. The molecule has 0 aliphatic carbocycles. The Labute approximate surface area is 117 Å². The molecule has 0 saturated heterocycles. The second-order valence-corrected chi connectivity index (χ2v) is 5.27. The van der Waals surface area contributed by atoms with Gasteiger partial charge in [-0.25, -0.2) is 0 Å². The lowest BCUT2D eigenvalue weighted by Gasteiger charge is -2.26. The van der Waals surface area contributed by atoms with Crippen LogP contribution in [0.3, 0.4) is 0 Å². The Bertz CT molecular complexity index is 336. The number of tetrazole rings is 1. The molecule has 1 heterocycles. The average Bonchev–Trinajstić information content (AvgIpc) is 2.81. The summed E-state index contributed by atoms with van der Waals surface area (Å²) in [5.74, 6) is 1.56. The first-order chi connectivity index (χ1) is 9.21. The van der Waals surface area contributed by atoms with Crippen molar-refractivity contribution in [3.63, 3.8) is 0 Å². The van der Waals surface area contributed by atoms with Crippen LogP contribution >= 0.6 is 0 Å². The molecule has 1 rings (SSSR count). The highest BCUT2D eigenvalue weighted by atomic mass is 15.6. The van der Waals surface area contributed by atoms with E-state index < -0.39 is 0 Å². The second kappa shape index (κ2) is 9.02. The van der Waals surface area contributed by atoms with Gasteiger partial charge in [0.1, 0.15) is 0 Å². The largest absolute Gasteiger partial charge is 0.313 e. The first kappa shape index (κ1) is 16.1. The average molecular weight is 267 g/mol. The van der Waals surface area contributed by atoms with E-state index in [0.29, 0.717) is 12.0 Å². The summed E-state index contributed by atoms with van der Waals surface area (Å²) >= 11 is 0. The molecule has 0 aliphatic heterocycles. The maximum Gasteiger partial charge on any atom is 0.176 e. The van der Waals surface area contributed by atoms with E-state index in [1.165, 1.54) is 25.7 Å². The molecule has 1 aromatic rings. The zero-order valence-corrected chi connectivity index (χ0v) is 12.9. The Balaban J connectivity index is 2.62. The van der Waals surface area contributed by atoms with E-state index in [9.17, 15) is 0 Å². The van der Waals surface area contributed by atoms with Gasteiger partial charge in [0.05, 0.1) is 7.05 Å². The minimum absolute atomic E-state index is 0.473. The first-order valence-corrected chi connectivity index (χ1v) is 7.67. The third kappa shape index (κ3) is 5.68. The van der Waals surface area contributed by atoms with Crippen molar-refractivity contribution >= 4 is 0 Å². The van der Waals surface area contributed by atoms with Crippen LogP contribution in [0, 0.1) is 5.92 Å². The molecule has 0 fully saturated rings. The van der Waals surface area contributed by atoms with Crippen LogP contribution in [0.4, 0.5) is 0 Å². The van der Waals surface area contributed by atoms with E-state index in [-0.39, 0.29) is 0 Å². The highest BCUT2D eigenvalue weighted by molar-refractivity contribution is 4.88. The zero-order chi connectivity index (χ0) is 14.1. The molecule has 5 nitrogen and oxygen atoms in total. The number of hydrogen-bond acceptors (Lipinski definition) is 4. The lowest BCUT2D eigenvalue weighted by molar-refractivity contribution is 0.312. The van der Waals surface area contributed by atoms with Gasteiger partial charge in [-0.15, -0.1) is 10.2 Å². The molecule has 1 aromatic heterocycles. The van der Waals surface area contributed by atoms with Crippen LogP contribution in [0.2, 0.25) is 0 Å². The summed E-state index contributed by atoms with van der Waals surface area (Å²) in [6.45, 7) is 7.81. The predicted octanol–water partition coefficient (Wildman–Crippen LogP) is 2.34. The highest BCUT2D eigenvalue weighted by Gasteiger charge is 2.21. The Morgan fingerprint density at radius 2 is 2.00 bits per heavy atom. The summed E-state index contributed by atoms with van der Waals surface area (Å²) in [4.78, 5) is 1.54. The summed E-state index contributed by atoms with van der Waals surface area (Å²) in [6, 6.07) is 0.473. The van der Waals surface area contributed by atoms with Crippen LogP contribution in [0.25, 0.3) is 0 Å². The van der Waals surface area contributed by atoms with Gasteiger partial charge in [-0.2, -0.15) is 4.80 Å². The highest BCUT2D eigenvalue weighted by Crippen LogP contribution is 2.19. The maximum atomic E-state index is 4.31. The van der Waals surface area contributed by atoms with Crippen LogP contribution in [0.15, 0.2) is 0 Å². The van der Waals surface area contributed by atoms with Crippen LogP contribution in [-0.4, -0.2) is 32.8 Å². The van der Waals surface area contributed by atoms with E-state index in [0.717, 1.165) is 25.2 Å². The van der Waals surface area contributed by atoms with Crippen molar-refractivity contribution in [2.24, 2.45) is 13.0 Å². The Morgan fingerprint density at radius 1 is 1.21 bits per heavy atom. The molecular formula is C14H29N5. The molecule has 2 unspecified atom stereocenters. The number of aromatic nitrogens is 4. The van der Waals surface area contributed by atoms with Crippen molar-refractivity contribution < 1.29 is 0 Å².